The van der Waals surface area contributed by atoms with Crippen molar-refractivity contribution in [2.24, 2.45) is 0 Å². The number of hydrogen-bond donors (Lipinski definition) is 3. The number of phenolic OH excluding ortho intramolecular Hbond substituents is 2. The van der Waals surface area contributed by atoms with Crippen molar-refractivity contribution in [3.05, 3.63) is 23.8 Å². The van der Waals surface area contributed by atoms with E-state index in [1.54, 1.807) is 6.07 Å². The lowest BCUT2D eigenvalue weighted by Gasteiger charge is -2.13. The highest BCUT2D eigenvalue weighted by Crippen LogP contribution is 2.23. The van der Waals surface area contributed by atoms with Gasteiger partial charge in [0.1, 0.15) is 11.5 Å². The van der Waals surface area contributed by atoms with Gasteiger partial charge in [-0.1, -0.05) is 6.92 Å². The molecule has 3 N–H and O–H groups in total. The molecule has 0 aliphatic rings. The maximum Gasteiger partial charge on any atom is 0.119 e. The van der Waals surface area contributed by atoms with E-state index in [9.17, 15) is 10.2 Å². The normalized spacial score (nSPS) is 12.7. The third-order valence-corrected chi connectivity index (χ3v) is 2.14. The topological polar surface area (TPSA) is 52.5 Å². The van der Waals surface area contributed by atoms with Crippen LogP contribution in [0.2, 0.25) is 0 Å². The molecule has 0 aliphatic heterocycles. The number of aromatic hydroxyl groups is 2. The van der Waals surface area contributed by atoms with Crippen LogP contribution in [0.15, 0.2) is 18.2 Å². The van der Waals surface area contributed by atoms with Gasteiger partial charge in [0, 0.05) is 6.04 Å². The summed E-state index contributed by atoms with van der Waals surface area (Å²) in [5.74, 6) is 0.439. The molecule has 0 aliphatic carbocycles. The third kappa shape index (κ3) is 2.92. The van der Waals surface area contributed by atoms with Crippen LogP contribution in [0.4, 0.5) is 0 Å². The molecule has 0 aromatic heterocycles. The molecule has 0 bridgehead atoms. The average molecular weight is 195 g/mol. The van der Waals surface area contributed by atoms with Crippen LogP contribution < -0.4 is 5.32 Å². The van der Waals surface area contributed by atoms with Gasteiger partial charge in [-0.25, -0.2) is 0 Å². The highest BCUT2D eigenvalue weighted by atomic mass is 16.3. The van der Waals surface area contributed by atoms with Gasteiger partial charge in [0.15, 0.2) is 0 Å². The molecule has 1 atom stereocenters. The van der Waals surface area contributed by atoms with Gasteiger partial charge in [-0.05, 0) is 43.7 Å². The highest BCUT2D eigenvalue weighted by Gasteiger charge is 2.06. The molecule has 14 heavy (non-hydrogen) atoms. The highest BCUT2D eigenvalue weighted by molar-refractivity contribution is 5.38. The van der Waals surface area contributed by atoms with Crippen LogP contribution in [-0.4, -0.2) is 22.8 Å². The Kier molecular flexibility index (Phi) is 3.77. The second kappa shape index (κ2) is 4.86. The van der Waals surface area contributed by atoms with Crippen molar-refractivity contribution in [3.63, 3.8) is 0 Å². The fraction of sp³-hybridized carbons (Fsp3) is 0.455. The van der Waals surface area contributed by atoms with Crippen molar-refractivity contribution in [1.29, 1.82) is 0 Å². The first kappa shape index (κ1) is 10.9. The summed E-state index contributed by atoms with van der Waals surface area (Å²) in [6.07, 6.45) is 0.716. The lowest BCUT2D eigenvalue weighted by molar-refractivity contribution is 0.448. The van der Waals surface area contributed by atoms with Crippen molar-refractivity contribution in [2.45, 2.75) is 26.3 Å². The van der Waals surface area contributed by atoms with Crippen LogP contribution in [-0.2, 0) is 6.42 Å². The molecule has 0 saturated carbocycles. The largest absolute Gasteiger partial charge is 0.508 e. The molecule has 1 aromatic rings. The maximum atomic E-state index is 9.51. The van der Waals surface area contributed by atoms with Crippen molar-refractivity contribution in [2.75, 3.05) is 6.54 Å². The summed E-state index contributed by atoms with van der Waals surface area (Å²) in [6, 6.07) is 4.90. The summed E-state index contributed by atoms with van der Waals surface area (Å²) in [7, 11) is 0. The van der Waals surface area contributed by atoms with Crippen molar-refractivity contribution >= 4 is 0 Å². The van der Waals surface area contributed by atoms with Crippen LogP contribution in [0.3, 0.4) is 0 Å². The molecule has 0 heterocycles. The van der Waals surface area contributed by atoms with E-state index in [0.29, 0.717) is 12.5 Å². The minimum absolute atomic E-state index is 0.196. The predicted octanol–water partition coefficient (Wildman–Crippen LogP) is 1.64. The molecule has 0 radical (unpaired) electrons. The van der Waals surface area contributed by atoms with Crippen LogP contribution >= 0.6 is 0 Å². The maximum absolute atomic E-state index is 9.51. The standard InChI is InChI=1S/C11H17NO2/c1-3-12-8(2)6-9-7-10(13)4-5-11(9)14/h4-5,7-8,12-14H,3,6H2,1-2H3. The molecule has 0 saturated heterocycles. The lowest BCUT2D eigenvalue weighted by atomic mass is 10.1. The molecule has 78 valence electrons. The second-order valence-corrected chi connectivity index (χ2v) is 3.48. The number of rotatable bonds is 4. The van der Waals surface area contributed by atoms with E-state index in [-0.39, 0.29) is 11.5 Å². The molecule has 1 aromatic carbocycles. The Morgan fingerprint density at radius 3 is 2.71 bits per heavy atom. The fourth-order valence-electron chi connectivity index (χ4n) is 1.49. The van der Waals surface area contributed by atoms with Crippen molar-refractivity contribution in [3.8, 4) is 11.5 Å². The van der Waals surface area contributed by atoms with Crippen molar-refractivity contribution in [1.82, 2.24) is 5.32 Å². The molecule has 0 amide bonds. The van der Waals surface area contributed by atoms with E-state index in [2.05, 4.69) is 5.32 Å². The second-order valence-electron chi connectivity index (χ2n) is 3.48. The summed E-state index contributed by atoms with van der Waals surface area (Å²) < 4.78 is 0. The number of nitrogens with one attached hydrogen (secondary N) is 1. The Hall–Kier alpha value is -1.22. The summed E-state index contributed by atoms with van der Waals surface area (Å²) >= 11 is 0. The summed E-state index contributed by atoms with van der Waals surface area (Å²) in [4.78, 5) is 0. The van der Waals surface area contributed by atoms with Crippen LogP contribution in [0.25, 0.3) is 0 Å². The van der Waals surface area contributed by atoms with Gasteiger partial charge < -0.3 is 15.5 Å². The molecule has 3 heteroatoms. The number of phenols is 2. The van der Waals surface area contributed by atoms with Crippen LogP contribution in [0.1, 0.15) is 19.4 Å². The van der Waals surface area contributed by atoms with Gasteiger partial charge >= 0.3 is 0 Å². The first-order chi connectivity index (χ1) is 6.63. The van der Waals surface area contributed by atoms with E-state index < -0.39 is 0 Å². The third-order valence-electron chi connectivity index (χ3n) is 2.14. The lowest BCUT2D eigenvalue weighted by Crippen LogP contribution is -2.27. The van der Waals surface area contributed by atoms with Gasteiger partial charge in [0.2, 0.25) is 0 Å². The van der Waals surface area contributed by atoms with Gasteiger partial charge in [0.05, 0.1) is 0 Å². The molecular formula is C11H17NO2. The summed E-state index contributed by atoms with van der Waals surface area (Å²) in [5.41, 5.74) is 0.776. The Morgan fingerprint density at radius 1 is 1.36 bits per heavy atom. The zero-order chi connectivity index (χ0) is 10.6. The minimum atomic E-state index is 0.196. The smallest absolute Gasteiger partial charge is 0.119 e. The molecule has 1 unspecified atom stereocenters. The Labute approximate surface area is 84.4 Å². The molecule has 3 nitrogen and oxygen atoms in total. The summed E-state index contributed by atoms with van der Waals surface area (Å²) in [6.45, 7) is 4.99. The van der Waals surface area contributed by atoms with Gasteiger partial charge in [-0.2, -0.15) is 0 Å². The Morgan fingerprint density at radius 2 is 2.07 bits per heavy atom. The van der Waals surface area contributed by atoms with Gasteiger partial charge in [-0.15, -0.1) is 0 Å². The first-order valence-corrected chi connectivity index (χ1v) is 4.87. The Bertz CT molecular complexity index is 299. The van der Waals surface area contributed by atoms with Crippen LogP contribution in [0.5, 0.6) is 11.5 Å². The minimum Gasteiger partial charge on any atom is -0.508 e. The monoisotopic (exact) mass is 195 g/mol. The van der Waals surface area contributed by atoms with Crippen molar-refractivity contribution < 1.29 is 10.2 Å². The van der Waals surface area contributed by atoms with E-state index in [0.717, 1.165) is 12.1 Å². The number of likely N-dealkylation sites (N-methyl/N-ethyl adjacent to an activating group) is 1. The molecule has 1 rings (SSSR count). The van der Waals surface area contributed by atoms with Gasteiger partial charge in [-0.3, -0.25) is 0 Å². The quantitative estimate of drug-likeness (QED) is 0.640. The summed E-state index contributed by atoms with van der Waals surface area (Å²) in [5, 5.41) is 22.0. The fourth-order valence-corrected chi connectivity index (χ4v) is 1.49. The number of hydrogen-bond acceptors (Lipinski definition) is 3. The average Bonchev–Trinajstić information content (AvgIpc) is 2.12. The zero-order valence-electron chi connectivity index (χ0n) is 8.62. The first-order valence-electron chi connectivity index (χ1n) is 4.87. The van der Waals surface area contributed by atoms with Crippen LogP contribution in [0, 0.1) is 0 Å². The number of benzene rings is 1. The molecular weight excluding hydrogens is 178 g/mol. The predicted molar refractivity (Wildman–Crippen MR) is 56.6 cm³/mol. The zero-order valence-corrected chi connectivity index (χ0v) is 8.62. The van der Waals surface area contributed by atoms with E-state index in [1.165, 1.54) is 12.1 Å². The molecule has 0 spiro atoms. The van der Waals surface area contributed by atoms with E-state index in [4.69, 9.17) is 0 Å². The van der Waals surface area contributed by atoms with E-state index in [1.807, 2.05) is 13.8 Å². The van der Waals surface area contributed by atoms with E-state index >= 15 is 0 Å². The van der Waals surface area contributed by atoms with Gasteiger partial charge in [0.25, 0.3) is 0 Å². The SMILES string of the molecule is CCNC(C)Cc1cc(O)ccc1O. The Balaban J connectivity index is 2.70. The molecule has 0 fully saturated rings.